The number of hydrogen-bond donors (Lipinski definition) is 1. The van der Waals surface area contributed by atoms with Crippen molar-refractivity contribution in [1.29, 1.82) is 0 Å². The van der Waals surface area contributed by atoms with Crippen molar-refractivity contribution in [1.82, 2.24) is 14.8 Å². The van der Waals surface area contributed by atoms with E-state index in [0.29, 0.717) is 11.2 Å². The van der Waals surface area contributed by atoms with Crippen LogP contribution in [-0.2, 0) is 9.84 Å². The molecule has 2 aromatic carbocycles. The predicted molar refractivity (Wildman–Crippen MR) is 124 cm³/mol. The summed E-state index contributed by atoms with van der Waals surface area (Å²) in [7, 11) is -5.49. The van der Waals surface area contributed by atoms with E-state index in [-0.39, 0.29) is 17.1 Å². The standard InChI is InChI=1S/C23H16F3N5O3S/c24-23(25,26)35(33,34)16-7-5-15(6-8-16)31-14-11-21(32)22(30-31)20(9-12-27)29-19-10-13-28-18-4-2-1-3-17(18)19/h1-14H,27H2. The summed E-state index contributed by atoms with van der Waals surface area (Å²) >= 11 is 0. The minimum atomic E-state index is -5.49. The minimum absolute atomic E-state index is 0.0814. The first-order valence-corrected chi connectivity index (χ1v) is 11.4. The van der Waals surface area contributed by atoms with Gasteiger partial charge in [-0.1, -0.05) is 18.2 Å². The number of pyridine rings is 1. The maximum Gasteiger partial charge on any atom is 0.501 e. The summed E-state index contributed by atoms with van der Waals surface area (Å²) in [6, 6.07) is 14.1. The molecule has 0 amide bonds. The highest BCUT2D eigenvalue weighted by atomic mass is 32.2. The molecule has 2 aromatic heterocycles. The molecule has 0 aliphatic carbocycles. The zero-order valence-electron chi connectivity index (χ0n) is 17.7. The molecule has 0 radical (unpaired) electrons. The Bertz CT molecular complexity index is 1620. The number of rotatable bonds is 5. The zero-order chi connectivity index (χ0) is 25.2. The van der Waals surface area contributed by atoms with Crippen molar-refractivity contribution < 1.29 is 21.6 Å². The number of hydrogen-bond acceptors (Lipinski definition) is 7. The Morgan fingerprint density at radius 2 is 1.74 bits per heavy atom. The number of para-hydroxylation sites is 1. The minimum Gasteiger partial charge on any atom is -0.405 e. The topological polar surface area (TPSA) is 120 Å². The fourth-order valence-corrected chi connectivity index (χ4v) is 3.97. The molecule has 35 heavy (non-hydrogen) atoms. The van der Waals surface area contributed by atoms with E-state index in [1.807, 2.05) is 24.3 Å². The van der Waals surface area contributed by atoms with Gasteiger partial charge in [-0.3, -0.25) is 9.78 Å². The maximum atomic E-state index is 12.8. The lowest BCUT2D eigenvalue weighted by molar-refractivity contribution is -0.0436. The van der Waals surface area contributed by atoms with Crippen molar-refractivity contribution in [3.8, 4) is 5.69 Å². The van der Waals surface area contributed by atoms with Crippen LogP contribution in [0.1, 0.15) is 5.69 Å². The molecule has 0 unspecified atom stereocenters. The molecule has 0 saturated carbocycles. The number of benzene rings is 2. The molecule has 0 aliphatic heterocycles. The summed E-state index contributed by atoms with van der Waals surface area (Å²) in [5.41, 5.74) is 1.15. The van der Waals surface area contributed by atoms with Crippen LogP contribution in [0.25, 0.3) is 16.6 Å². The quantitative estimate of drug-likeness (QED) is 0.419. The van der Waals surface area contributed by atoms with Crippen LogP contribution in [0, 0.1) is 0 Å². The highest BCUT2D eigenvalue weighted by Gasteiger charge is 2.46. The summed E-state index contributed by atoms with van der Waals surface area (Å²) < 4.78 is 62.8. The molecule has 0 fully saturated rings. The number of aliphatic imine (C=N–C) groups is 1. The predicted octanol–water partition coefficient (Wildman–Crippen LogP) is 3.67. The van der Waals surface area contributed by atoms with Gasteiger partial charge < -0.3 is 5.73 Å². The molecule has 12 heteroatoms. The summed E-state index contributed by atoms with van der Waals surface area (Å²) in [4.78, 5) is 20.5. The highest BCUT2D eigenvalue weighted by Crippen LogP contribution is 2.30. The number of nitrogens with zero attached hydrogens (tertiary/aromatic N) is 4. The number of allylic oxidation sites excluding steroid dienone is 1. The van der Waals surface area contributed by atoms with E-state index in [4.69, 9.17) is 5.73 Å². The lowest BCUT2D eigenvalue weighted by atomic mass is 10.1. The Hall–Kier alpha value is -4.32. The SMILES string of the molecule is NC=CC(=Nc1ccnc2ccccc12)c1nn(-c2ccc(S(=O)(=O)C(F)(F)F)cc2)ccc1=O. The van der Waals surface area contributed by atoms with E-state index < -0.39 is 25.7 Å². The summed E-state index contributed by atoms with van der Waals surface area (Å²) in [5.74, 6) is 0. The van der Waals surface area contributed by atoms with E-state index in [0.717, 1.165) is 29.7 Å². The van der Waals surface area contributed by atoms with Gasteiger partial charge in [0.1, 0.15) is 0 Å². The lowest BCUT2D eigenvalue weighted by Crippen LogP contribution is -2.23. The van der Waals surface area contributed by atoms with Crippen LogP contribution in [0.2, 0.25) is 0 Å². The molecule has 4 aromatic rings. The van der Waals surface area contributed by atoms with Gasteiger partial charge in [-0.15, -0.1) is 0 Å². The van der Waals surface area contributed by atoms with E-state index in [9.17, 15) is 26.4 Å². The van der Waals surface area contributed by atoms with Gasteiger partial charge in [0.25, 0.3) is 9.84 Å². The molecule has 0 spiro atoms. The number of aromatic nitrogens is 3. The van der Waals surface area contributed by atoms with E-state index in [1.165, 1.54) is 29.2 Å². The average Bonchev–Trinajstić information content (AvgIpc) is 2.84. The first kappa shape index (κ1) is 23.8. The summed E-state index contributed by atoms with van der Waals surface area (Å²) in [5, 5.41) is 4.99. The maximum absolute atomic E-state index is 12.8. The second kappa shape index (κ2) is 9.14. The third-order valence-corrected chi connectivity index (χ3v) is 6.39. The van der Waals surface area contributed by atoms with Crippen LogP contribution in [0.3, 0.4) is 0 Å². The largest absolute Gasteiger partial charge is 0.501 e. The molecular formula is C23H16F3N5O3S. The Morgan fingerprint density at radius 1 is 1.03 bits per heavy atom. The van der Waals surface area contributed by atoms with E-state index in [2.05, 4.69) is 15.1 Å². The molecular weight excluding hydrogens is 483 g/mol. The van der Waals surface area contributed by atoms with E-state index in [1.54, 1.807) is 12.3 Å². The van der Waals surface area contributed by atoms with Crippen LogP contribution in [-0.4, -0.2) is 34.4 Å². The highest BCUT2D eigenvalue weighted by molar-refractivity contribution is 7.92. The van der Waals surface area contributed by atoms with Gasteiger partial charge >= 0.3 is 5.51 Å². The monoisotopic (exact) mass is 499 g/mol. The second-order valence-electron chi connectivity index (χ2n) is 7.12. The van der Waals surface area contributed by atoms with Crippen LogP contribution in [0.4, 0.5) is 18.9 Å². The molecule has 0 saturated heterocycles. The van der Waals surface area contributed by atoms with Crippen molar-refractivity contribution in [3.63, 3.8) is 0 Å². The molecule has 2 N–H and O–H groups in total. The second-order valence-corrected chi connectivity index (χ2v) is 9.06. The Balaban J connectivity index is 1.79. The van der Waals surface area contributed by atoms with Crippen molar-refractivity contribution >= 4 is 32.1 Å². The fourth-order valence-electron chi connectivity index (χ4n) is 3.21. The first-order valence-electron chi connectivity index (χ1n) is 9.95. The zero-order valence-corrected chi connectivity index (χ0v) is 18.5. The third kappa shape index (κ3) is 4.68. The molecule has 2 heterocycles. The van der Waals surface area contributed by atoms with E-state index >= 15 is 0 Å². The van der Waals surface area contributed by atoms with Crippen molar-refractivity contribution in [2.45, 2.75) is 10.4 Å². The first-order chi connectivity index (χ1) is 16.6. The number of nitrogens with two attached hydrogens (primary N) is 1. The van der Waals surface area contributed by atoms with Gasteiger partial charge in [0.2, 0.25) is 5.43 Å². The molecule has 0 atom stereocenters. The van der Waals surface area contributed by atoms with Gasteiger partial charge in [0.05, 0.1) is 27.5 Å². The van der Waals surface area contributed by atoms with Crippen LogP contribution >= 0.6 is 0 Å². The number of sulfone groups is 1. The summed E-state index contributed by atoms with van der Waals surface area (Å²) in [6.07, 6.45) is 5.45. The normalized spacial score (nSPS) is 12.9. The molecule has 0 bridgehead atoms. The molecule has 8 nitrogen and oxygen atoms in total. The third-order valence-electron chi connectivity index (χ3n) is 4.89. The van der Waals surface area contributed by atoms with Gasteiger partial charge in [-0.05, 0) is 48.7 Å². The Kier molecular flexibility index (Phi) is 6.22. The molecule has 178 valence electrons. The van der Waals surface area contributed by atoms with Crippen LogP contribution in [0.5, 0.6) is 0 Å². The smallest absolute Gasteiger partial charge is 0.405 e. The molecule has 0 aliphatic rings. The van der Waals surface area contributed by atoms with Crippen molar-refractivity contribution in [2.24, 2.45) is 10.7 Å². The van der Waals surface area contributed by atoms with Gasteiger partial charge in [-0.2, -0.15) is 18.3 Å². The molecule has 4 rings (SSSR count). The lowest BCUT2D eigenvalue weighted by Gasteiger charge is -2.11. The van der Waals surface area contributed by atoms with Crippen molar-refractivity contribution in [2.75, 3.05) is 0 Å². The van der Waals surface area contributed by atoms with Gasteiger partial charge in [0, 0.05) is 23.8 Å². The number of fused-ring (bicyclic) bond motifs is 1. The van der Waals surface area contributed by atoms with Gasteiger partial charge in [0.15, 0.2) is 5.69 Å². The van der Waals surface area contributed by atoms with Crippen molar-refractivity contribution in [3.05, 3.63) is 101 Å². The number of halogens is 3. The fraction of sp³-hybridized carbons (Fsp3) is 0.0435. The summed E-state index contributed by atoms with van der Waals surface area (Å²) in [6.45, 7) is 0. The van der Waals surface area contributed by atoms with Crippen LogP contribution in [0.15, 0.2) is 100 Å². The van der Waals surface area contributed by atoms with Gasteiger partial charge in [-0.25, -0.2) is 18.1 Å². The Labute approximate surface area is 196 Å². The number of alkyl halides is 3. The average molecular weight is 499 g/mol. The van der Waals surface area contributed by atoms with Crippen LogP contribution < -0.4 is 11.2 Å². The Morgan fingerprint density at radius 3 is 2.43 bits per heavy atom.